The van der Waals surface area contributed by atoms with Crippen LogP contribution in [0, 0.1) is 5.41 Å². The summed E-state index contributed by atoms with van der Waals surface area (Å²) < 4.78 is 0. The van der Waals surface area contributed by atoms with E-state index in [-0.39, 0.29) is 5.84 Å². The van der Waals surface area contributed by atoms with Crippen molar-refractivity contribution in [3.05, 3.63) is 199 Å². The second-order valence-electron chi connectivity index (χ2n) is 12.9. The van der Waals surface area contributed by atoms with Gasteiger partial charge in [-0.3, -0.25) is 5.41 Å². The minimum atomic E-state index is 0.128. The zero-order chi connectivity index (χ0) is 37.7. The standard InChI is InChI=1S/C48H32N6S2/c49-44(34-19-8-3-9-20-34)51-45(50-31-32-15-4-1-5-16-32)35-27-29-36(30-28-35)46-52-47(38-22-11-10-21-37(38)33-17-6-2-7-18-33)54-48(53-46)39-23-14-26-42-43(39)56-41-25-13-12-24-40(41)55-42/h1-31,49H. The van der Waals surface area contributed by atoms with E-state index in [2.05, 4.69) is 66.7 Å². The average Bonchev–Trinajstić information content (AvgIpc) is 3.27. The van der Waals surface area contributed by atoms with Crippen LogP contribution in [0.15, 0.2) is 212 Å². The molecule has 2 heterocycles. The Morgan fingerprint density at radius 3 is 1.73 bits per heavy atom. The van der Waals surface area contributed by atoms with E-state index in [0.717, 1.165) is 43.8 Å². The van der Waals surface area contributed by atoms with Crippen LogP contribution < -0.4 is 0 Å². The molecule has 1 aliphatic rings. The molecular weight excluding hydrogens is 725 g/mol. The summed E-state index contributed by atoms with van der Waals surface area (Å²) in [6, 6.07) is 60.7. The lowest BCUT2D eigenvalue weighted by Gasteiger charge is -2.20. The van der Waals surface area contributed by atoms with Crippen molar-refractivity contribution >= 4 is 41.4 Å². The molecule has 266 valence electrons. The van der Waals surface area contributed by atoms with Gasteiger partial charge in [-0.1, -0.05) is 181 Å². The Bertz CT molecular complexity index is 2750. The largest absolute Gasteiger partial charge is 0.282 e. The van der Waals surface area contributed by atoms with E-state index in [1.54, 1.807) is 29.7 Å². The lowest BCUT2D eigenvalue weighted by molar-refractivity contribution is 1.05. The Balaban J connectivity index is 1.16. The summed E-state index contributed by atoms with van der Waals surface area (Å²) in [6.45, 7) is 0. The fourth-order valence-corrected chi connectivity index (χ4v) is 8.77. The number of fused-ring (bicyclic) bond motifs is 2. The molecular formula is C48H32N6S2. The van der Waals surface area contributed by atoms with E-state index in [1.807, 2.05) is 115 Å². The highest BCUT2D eigenvalue weighted by molar-refractivity contribution is 8.05. The molecule has 0 unspecified atom stereocenters. The number of amidine groups is 2. The highest BCUT2D eigenvalue weighted by Gasteiger charge is 2.23. The lowest BCUT2D eigenvalue weighted by atomic mass is 9.99. The highest BCUT2D eigenvalue weighted by Crippen LogP contribution is 2.51. The first-order valence-electron chi connectivity index (χ1n) is 18.1. The molecule has 7 aromatic carbocycles. The summed E-state index contributed by atoms with van der Waals surface area (Å²) in [7, 11) is 0. The maximum absolute atomic E-state index is 8.77. The molecule has 1 aromatic heterocycles. The molecule has 0 radical (unpaired) electrons. The molecule has 0 saturated carbocycles. The van der Waals surface area contributed by atoms with Crippen molar-refractivity contribution in [1.29, 1.82) is 5.41 Å². The van der Waals surface area contributed by atoms with Crippen molar-refractivity contribution in [3.63, 3.8) is 0 Å². The van der Waals surface area contributed by atoms with Crippen molar-refractivity contribution in [3.8, 4) is 45.3 Å². The number of nitrogens with zero attached hydrogens (tertiary/aromatic N) is 5. The molecule has 0 aliphatic carbocycles. The van der Waals surface area contributed by atoms with Gasteiger partial charge in [0.25, 0.3) is 0 Å². The fourth-order valence-electron chi connectivity index (χ4n) is 6.40. The van der Waals surface area contributed by atoms with E-state index in [1.165, 1.54) is 14.7 Å². The van der Waals surface area contributed by atoms with E-state index in [9.17, 15) is 0 Å². The van der Waals surface area contributed by atoms with Crippen LogP contribution in [0.5, 0.6) is 0 Å². The Hall–Kier alpha value is -6.74. The summed E-state index contributed by atoms with van der Waals surface area (Å²) in [5, 5.41) is 8.77. The molecule has 0 spiro atoms. The number of benzene rings is 7. The molecule has 6 nitrogen and oxygen atoms in total. The van der Waals surface area contributed by atoms with Crippen LogP contribution in [0.2, 0.25) is 0 Å². The fraction of sp³-hybridized carbons (Fsp3) is 0. The SMILES string of the molecule is N=C(N=C(N=Cc1ccccc1)c1ccc(-c2nc(-c3ccccc3-c3ccccc3)nc(-c3cccc4c3Sc3ccccc3S4)n2)cc1)c1ccccc1. The first kappa shape index (κ1) is 35.0. The lowest BCUT2D eigenvalue weighted by Crippen LogP contribution is -2.05. The normalized spacial score (nSPS) is 12.2. The number of aromatic nitrogens is 3. The van der Waals surface area contributed by atoms with Crippen LogP contribution >= 0.6 is 23.5 Å². The predicted molar refractivity (Wildman–Crippen MR) is 230 cm³/mol. The first-order chi connectivity index (χ1) is 27.7. The number of hydrogen-bond donors (Lipinski definition) is 1. The predicted octanol–water partition coefficient (Wildman–Crippen LogP) is 12.0. The van der Waals surface area contributed by atoms with Crippen molar-refractivity contribution in [2.45, 2.75) is 19.6 Å². The number of nitrogens with one attached hydrogen (secondary N) is 1. The Morgan fingerprint density at radius 1 is 0.446 bits per heavy atom. The van der Waals surface area contributed by atoms with Gasteiger partial charge in [0.15, 0.2) is 29.1 Å². The molecule has 1 aliphatic heterocycles. The summed E-state index contributed by atoms with van der Waals surface area (Å²) in [6.07, 6.45) is 1.77. The van der Waals surface area contributed by atoms with Crippen LogP contribution in [0.4, 0.5) is 0 Å². The minimum absolute atomic E-state index is 0.128. The minimum Gasteiger partial charge on any atom is -0.282 e. The summed E-state index contributed by atoms with van der Waals surface area (Å²) >= 11 is 3.53. The van der Waals surface area contributed by atoms with Crippen molar-refractivity contribution < 1.29 is 0 Å². The zero-order valence-electron chi connectivity index (χ0n) is 30.0. The van der Waals surface area contributed by atoms with Gasteiger partial charge in [-0.2, -0.15) is 0 Å². The molecule has 0 amide bonds. The highest BCUT2D eigenvalue weighted by atomic mass is 32.2. The number of hydrogen-bond acceptors (Lipinski definition) is 6. The molecule has 56 heavy (non-hydrogen) atoms. The maximum atomic E-state index is 8.77. The van der Waals surface area contributed by atoms with E-state index in [4.69, 9.17) is 30.3 Å². The van der Waals surface area contributed by atoms with Crippen molar-refractivity contribution in [2.75, 3.05) is 0 Å². The number of aliphatic imine (C=N–C) groups is 2. The van der Waals surface area contributed by atoms with E-state index < -0.39 is 0 Å². The van der Waals surface area contributed by atoms with Crippen LogP contribution in [0.3, 0.4) is 0 Å². The Kier molecular flexibility index (Phi) is 9.95. The van der Waals surface area contributed by atoms with Gasteiger partial charge in [-0.05, 0) is 41.0 Å². The summed E-state index contributed by atoms with van der Waals surface area (Å²) in [5.41, 5.74) is 7.22. The third-order valence-electron chi connectivity index (χ3n) is 9.19. The van der Waals surface area contributed by atoms with Crippen LogP contribution in [-0.2, 0) is 0 Å². The zero-order valence-corrected chi connectivity index (χ0v) is 31.6. The average molecular weight is 757 g/mol. The van der Waals surface area contributed by atoms with Crippen molar-refractivity contribution in [2.24, 2.45) is 9.98 Å². The quantitative estimate of drug-likeness (QED) is 0.129. The van der Waals surface area contributed by atoms with Crippen LogP contribution in [-0.4, -0.2) is 32.8 Å². The van der Waals surface area contributed by atoms with Gasteiger partial charge in [-0.25, -0.2) is 24.9 Å². The topological polar surface area (TPSA) is 87.2 Å². The summed E-state index contributed by atoms with van der Waals surface area (Å²) in [4.78, 5) is 29.7. The third kappa shape index (κ3) is 7.48. The monoisotopic (exact) mass is 756 g/mol. The van der Waals surface area contributed by atoms with E-state index >= 15 is 0 Å². The second-order valence-corrected chi connectivity index (χ2v) is 15.0. The smallest absolute Gasteiger partial charge is 0.165 e. The first-order valence-corrected chi connectivity index (χ1v) is 19.7. The maximum Gasteiger partial charge on any atom is 0.165 e. The number of rotatable bonds is 7. The summed E-state index contributed by atoms with van der Waals surface area (Å²) in [5.74, 6) is 2.30. The Labute approximate surface area is 333 Å². The molecule has 8 heteroatoms. The van der Waals surface area contributed by atoms with Gasteiger partial charge in [0.2, 0.25) is 0 Å². The van der Waals surface area contributed by atoms with E-state index in [0.29, 0.717) is 28.9 Å². The molecule has 9 rings (SSSR count). The molecule has 0 bridgehead atoms. The van der Waals surface area contributed by atoms with Gasteiger partial charge in [-0.15, -0.1) is 0 Å². The molecule has 1 N–H and O–H groups in total. The molecule has 0 fully saturated rings. The molecule has 0 saturated heterocycles. The van der Waals surface area contributed by atoms with Crippen LogP contribution in [0.1, 0.15) is 16.7 Å². The second kappa shape index (κ2) is 15.9. The van der Waals surface area contributed by atoms with Gasteiger partial charge < -0.3 is 0 Å². The third-order valence-corrected chi connectivity index (χ3v) is 11.8. The van der Waals surface area contributed by atoms with Gasteiger partial charge >= 0.3 is 0 Å². The molecule has 0 atom stereocenters. The van der Waals surface area contributed by atoms with Crippen LogP contribution in [0.25, 0.3) is 45.3 Å². The van der Waals surface area contributed by atoms with Gasteiger partial charge in [0.05, 0.1) is 0 Å². The molecule has 8 aromatic rings. The van der Waals surface area contributed by atoms with Crippen molar-refractivity contribution in [1.82, 2.24) is 15.0 Å². The van der Waals surface area contributed by atoms with Gasteiger partial charge in [0.1, 0.15) is 0 Å². The Morgan fingerprint density at radius 2 is 1.00 bits per heavy atom. The van der Waals surface area contributed by atoms with Gasteiger partial charge in [0, 0.05) is 53.6 Å².